The van der Waals surface area contributed by atoms with E-state index in [4.69, 9.17) is 0 Å². The Balaban J connectivity index is 1.39. The van der Waals surface area contributed by atoms with Crippen molar-refractivity contribution in [1.29, 1.82) is 0 Å². The van der Waals surface area contributed by atoms with E-state index in [0.717, 1.165) is 25.7 Å². The molecule has 1 spiro atoms. The number of likely N-dealkylation sites (tertiary alicyclic amines) is 2. The number of rotatable bonds is 4. The smallest absolute Gasteiger partial charge is 0.325 e. The van der Waals surface area contributed by atoms with E-state index in [1.807, 2.05) is 11.8 Å². The third-order valence-corrected chi connectivity index (χ3v) is 7.52. The summed E-state index contributed by atoms with van der Waals surface area (Å²) in [6, 6.07) is -0.598. The summed E-state index contributed by atoms with van der Waals surface area (Å²) in [6.07, 6.45) is 8.20. The van der Waals surface area contributed by atoms with Gasteiger partial charge in [-0.25, -0.2) is 4.79 Å². The Morgan fingerprint density at radius 2 is 1.67 bits per heavy atom. The number of carbonyl (C=O) groups excluding carboxylic acids is 4. The molecule has 0 aromatic carbocycles. The molecule has 5 amide bonds. The molecule has 4 aliphatic rings. The Kier molecular flexibility index (Phi) is 6.02. The number of imide groups is 1. The van der Waals surface area contributed by atoms with Gasteiger partial charge in [-0.3, -0.25) is 19.3 Å². The third-order valence-electron chi connectivity index (χ3n) is 7.52. The molecule has 30 heavy (non-hydrogen) atoms. The maximum atomic E-state index is 13.3. The first-order chi connectivity index (χ1) is 14.4. The number of hydrogen-bond donors (Lipinski definition) is 1. The zero-order valence-electron chi connectivity index (χ0n) is 18.0. The fourth-order valence-corrected chi connectivity index (χ4v) is 5.66. The standard InChI is InChI=1S/C22H34N4O4/c1-2-18(27)24-12-9-22(10-13-24)20(29)26(21(30)23-22)17-8-5-11-25(15-17)19(28)14-16-6-3-4-7-16/h16-17H,2-15H2,1H3,(H,23,30)/t17-/m0/s1. The second-order valence-electron chi connectivity index (χ2n) is 9.41. The maximum Gasteiger partial charge on any atom is 0.325 e. The van der Waals surface area contributed by atoms with Crippen LogP contribution in [0.15, 0.2) is 0 Å². The second-order valence-corrected chi connectivity index (χ2v) is 9.41. The zero-order valence-corrected chi connectivity index (χ0v) is 18.0. The van der Waals surface area contributed by atoms with Gasteiger partial charge in [0.1, 0.15) is 5.54 Å². The van der Waals surface area contributed by atoms with Gasteiger partial charge in [0.25, 0.3) is 5.91 Å². The van der Waals surface area contributed by atoms with E-state index in [-0.39, 0.29) is 29.8 Å². The summed E-state index contributed by atoms with van der Waals surface area (Å²) in [6.45, 7) is 3.97. The SMILES string of the molecule is CCC(=O)N1CCC2(CC1)NC(=O)N([C@H]1CCCN(C(=O)CC3CCCC3)C1)C2=O. The number of carbonyl (C=O) groups is 4. The molecule has 0 aromatic heterocycles. The normalized spacial score (nSPS) is 27.1. The molecule has 1 N–H and O–H groups in total. The van der Waals surface area contributed by atoms with Crippen molar-refractivity contribution < 1.29 is 19.2 Å². The number of nitrogens with zero attached hydrogens (tertiary/aromatic N) is 3. The fourth-order valence-electron chi connectivity index (χ4n) is 5.66. The van der Waals surface area contributed by atoms with Crippen molar-refractivity contribution in [3.05, 3.63) is 0 Å². The Morgan fingerprint density at radius 1 is 0.967 bits per heavy atom. The average Bonchev–Trinajstić information content (AvgIpc) is 3.34. The molecule has 3 heterocycles. The molecule has 0 bridgehead atoms. The van der Waals surface area contributed by atoms with Crippen LogP contribution in [0.1, 0.15) is 71.1 Å². The number of urea groups is 1. The molecule has 3 aliphatic heterocycles. The summed E-state index contributed by atoms with van der Waals surface area (Å²) >= 11 is 0. The fraction of sp³-hybridized carbons (Fsp3) is 0.818. The van der Waals surface area contributed by atoms with Crippen LogP contribution in [0.25, 0.3) is 0 Å². The highest BCUT2D eigenvalue weighted by atomic mass is 16.2. The summed E-state index contributed by atoms with van der Waals surface area (Å²) in [7, 11) is 0. The van der Waals surface area contributed by atoms with Crippen molar-refractivity contribution in [2.75, 3.05) is 26.2 Å². The van der Waals surface area contributed by atoms with Gasteiger partial charge in [-0.05, 0) is 44.4 Å². The molecule has 8 heteroatoms. The Hall–Kier alpha value is -2.12. The third kappa shape index (κ3) is 3.93. The van der Waals surface area contributed by atoms with E-state index in [1.165, 1.54) is 17.7 Å². The van der Waals surface area contributed by atoms with Gasteiger partial charge < -0.3 is 15.1 Å². The van der Waals surface area contributed by atoms with Gasteiger partial charge in [0.05, 0.1) is 6.04 Å². The number of hydrogen-bond acceptors (Lipinski definition) is 4. The van der Waals surface area contributed by atoms with E-state index in [1.54, 1.807) is 4.90 Å². The van der Waals surface area contributed by atoms with Crippen LogP contribution in [0.2, 0.25) is 0 Å². The van der Waals surface area contributed by atoms with Gasteiger partial charge in [0.2, 0.25) is 11.8 Å². The van der Waals surface area contributed by atoms with Crippen molar-refractivity contribution in [2.45, 2.75) is 82.7 Å². The highest BCUT2D eigenvalue weighted by Crippen LogP contribution is 2.33. The van der Waals surface area contributed by atoms with Gasteiger partial charge in [-0.2, -0.15) is 0 Å². The monoisotopic (exact) mass is 418 g/mol. The first-order valence-electron chi connectivity index (χ1n) is 11.6. The molecule has 8 nitrogen and oxygen atoms in total. The van der Waals surface area contributed by atoms with E-state index >= 15 is 0 Å². The Morgan fingerprint density at radius 3 is 2.33 bits per heavy atom. The zero-order chi connectivity index (χ0) is 21.3. The first-order valence-corrected chi connectivity index (χ1v) is 11.6. The summed E-state index contributed by atoms with van der Waals surface area (Å²) in [5.74, 6) is 0.571. The maximum absolute atomic E-state index is 13.3. The van der Waals surface area contributed by atoms with E-state index in [2.05, 4.69) is 5.32 Å². The van der Waals surface area contributed by atoms with Crippen molar-refractivity contribution in [1.82, 2.24) is 20.0 Å². The number of amides is 5. The topological polar surface area (TPSA) is 90.0 Å². The largest absolute Gasteiger partial charge is 0.343 e. The van der Waals surface area contributed by atoms with Crippen LogP contribution < -0.4 is 5.32 Å². The van der Waals surface area contributed by atoms with Gasteiger partial charge in [0.15, 0.2) is 0 Å². The van der Waals surface area contributed by atoms with Crippen LogP contribution in [0, 0.1) is 5.92 Å². The lowest BCUT2D eigenvalue weighted by Gasteiger charge is -2.39. The molecule has 3 saturated heterocycles. The predicted molar refractivity (Wildman–Crippen MR) is 110 cm³/mol. The molecule has 1 aliphatic carbocycles. The molecule has 166 valence electrons. The molecule has 0 aromatic rings. The van der Waals surface area contributed by atoms with Crippen LogP contribution in [0.5, 0.6) is 0 Å². The van der Waals surface area contributed by atoms with Crippen LogP contribution in [-0.2, 0) is 14.4 Å². The Labute approximate surface area is 178 Å². The minimum atomic E-state index is -0.891. The molecular weight excluding hydrogens is 384 g/mol. The highest BCUT2D eigenvalue weighted by molar-refractivity contribution is 6.07. The number of nitrogens with one attached hydrogen (secondary N) is 1. The minimum Gasteiger partial charge on any atom is -0.343 e. The molecule has 0 radical (unpaired) electrons. The summed E-state index contributed by atoms with van der Waals surface area (Å²) in [5.41, 5.74) is -0.891. The van der Waals surface area contributed by atoms with Gasteiger partial charge in [-0.1, -0.05) is 19.8 Å². The van der Waals surface area contributed by atoms with Crippen LogP contribution >= 0.6 is 0 Å². The van der Waals surface area contributed by atoms with Gasteiger partial charge in [-0.15, -0.1) is 0 Å². The van der Waals surface area contributed by atoms with Crippen LogP contribution in [-0.4, -0.2) is 76.2 Å². The van der Waals surface area contributed by atoms with Crippen molar-refractivity contribution in [2.24, 2.45) is 5.92 Å². The minimum absolute atomic E-state index is 0.0853. The lowest BCUT2D eigenvalue weighted by molar-refractivity contribution is -0.141. The van der Waals surface area contributed by atoms with Gasteiger partial charge in [0, 0.05) is 39.0 Å². The van der Waals surface area contributed by atoms with Crippen molar-refractivity contribution >= 4 is 23.8 Å². The molecule has 4 fully saturated rings. The molecule has 1 saturated carbocycles. The van der Waals surface area contributed by atoms with Crippen molar-refractivity contribution in [3.63, 3.8) is 0 Å². The Bertz CT molecular complexity index is 710. The van der Waals surface area contributed by atoms with Crippen LogP contribution in [0.3, 0.4) is 0 Å². The van der Waals surface area contributed by atoms with E-state index in [9.17, 15) is 19.2 Å². The summed E-state index contributed by atoms with van der Waals surface area (Å²) < 4.78 is 0. The first kappa shape index (κ1) is 21.1. The van der Waals surface area contributed by atoms with Crippen LogP contribution in [0.4, 0.5) is 4.79 Å². The summed E-state index contributed by atoms with van der Waals surface area (Å²) in [4.78, 5) is 55.9. The molecular formula is C22H34N4O4. The lowest BCUT2D eigenvalue weighted by atomic mass is 9.87. The molecule has 1 atom stereocenters. The average molecular weight is 419 g/mol. The quantitative estimate of drug-likeness (QED) is 0.706. The number of piperidine rings is 2. The highest BCUT2D eigenvalue weighted by Gasteiger charge is 2.54. The summed E-state index contributed by atoms with van der Waals surface area (Å²) in [5, 5.41) is 2.94. The van der Waals surface area contributed by atoms with Gasteiger partial charge >= 0.3 is 6.03 Å². The van der Waals surface area contributed by atoms with E-state index in [0.29, 0.717) is 57.8 Å². The molecule has 0 unspecified atom stereocenters. The predicted octanol–water partition coefficient (Wildman–Crippen LogP) is 1.88. The van der Waals surface area contributed by atoms with Crippen molar-refractivity contribution in [3.8, 4) is 0 Å². The van der Waals surface area contributed by atoms with E-state index < -0.39 is 5.54 Å². The lowest BCUT2D eigenvalue weighted by Crippen LogP contribution is -2.57. The molecule has 4 rings (SSSR count). The second kappa shape index (κ2) is 8.55.